The van der Waals surface area contributed by atoms with Gasteiger partial charge in [-0.05, 0) is 13.8 Å². The summed E-state index contributed by atoms with van der Waals surface area (Å²) in [5.41, 5.74) is 6.17. The monoisotopic (exact) mass is 155 g/mol. The second-order valence-corrected chi connectivity index (χ2v) is 2.67. The number of methoxy groups -OCH3 is 1. The normalized spacial score (nSPS) is 10.5. The maximum absolute atomic E-state index is 5.58. The predicted molar refractivity (Wildman–Crippen MR) is 43.6 cm³/mol. The van der Waals surface area contributed by atoms with Crippen LogP contribution in [-0.2, 0) is 0 Å². The number of aromatic nitrogens is 2. The van der Waals surface area contributed by atoms with Crippen molar-refractivity contribution < 1.29 is 4.74 Å². The molecule has 0 aliphatic carbocycles. The number of nitrogens with zero attached hydrogens (tertiary/aromatic N) is 2. The second kappa shape index (κ2) is 2.82. The molecule has 0 fully saturated rings. The first-order chi connectivity index (χ1) is 5.15. The minimum Gasteiger partial charge on any atom is -0.478 e. The van der Waals surface area contributed by atoms with Crippen LogP contribution in [0.15, 0.2) is 6.20 Å². The average molecular weight is 155 g/mol. The van der Waals surface area contributed by atoms with E-state index in [9.17, 15) is 0 Å². The fourth-order valence-electron chi connectivity index (χ4n) is 0.812. The van der Waals surface area contributed by atoms with Gasteiger partial charge >= 0.3 is 0 Å². The molecular weight excluding hydrogens is 142 g/mol. The van der Waals surface area contributed by atoms with Crippen molar-refractivity contribution >= 4 is 5.69 Å². The van der Waals surface area contributed by atoms with E-state index in [0.29, 0.717) is 17.6 Å². The van der Waals surface area contributed by atoms with Gasteiger partial charge in [-0.2, -0.15) is 0 Å². The van der Waals surface area contributed by atoms with Crippen molar-refractivity contribution in [2.24, 2.45) is 0 Å². The summed E-state index contributed by atoms with van der Waals surface area (Å²) in [7, 11) is 1.56. The number of rotatable bonds is 2. The number of nitrogens with two attached hydrogens (primary N) is 1. The molecule has 0 saturated carbocycles. The third-order valence-corrected chi connectivity index (χ3v) is 1.45. The molecule has 0 spiro atoms. The Hall–Kier alpha value is -1.19. The van der Waals surface area contributed by atoms with Gasteiger partial charge in [0, 0.05) is 6.04 Å². The summed E-state index contributed by atoms with van der Waals surface area (Å²) in [6.07, 6.45) is 1.77. The maximum atomic E-state index is 5.58. The molecule has 0 atom stereocenters. The molecule has 0 aromatic carbocycles. The molecule has 0 bridgehead atoms. The van der Waals surface area contributed by atoms with Crippen LogP contribution in [0.2, 0.25) is 0 Å². The number of hydrogen-bond donors (Lipinski definition) is 1. The summed E-state index contributed by atoms with van der Waals surface area (Å²) >= 11 is 0. The van der Waals surface area contributed by atoms with Crippen LogP contribution >= 0.6 is 0 Å². The highest BCUT2D eigenvalue weighted by Gasteiger charge is 2.06. The van der Waals surface area contributed by atoms with Crippen molar-refractivity contribution in [3.8, 4) is 5.88 Å². The van der Waals surface area contributed by atoms with Gasteiger partial charge in [0.2, 0.25) is 0 Å². The molecule has 1 aromatic rings. The average Bonchev–Trinajstić information content (AvgIpc) is 2.31. The van der Waals surface area contributed by atoms with Crippen LogP contribution in [0, 0.1) is 0 Å². The highest BCUT2D eigenvalue weighted by atomic mass is 16.5. The summed E-state index contributed by atoms with van der Waals surface area (Å²) in [5.74, 6) is 0.499. The molecular formula is C7H13N3O. The van der Waals surface area contributed by atoms with E-state index in [1.807, 2.05) is 13.8 Å². The molecule has 62 valence electrons. The number of hydrogen-bond acceptors (Lipinski definition) is 3. The van der Waals surface area contributed by atoms with E-state index in [-0.39, 0.29) is 0 Å². The zero-order valence-corrected chi connectivity index (χ0v) is 7.03. The predicted octanol–water partition coefficient (Wildman–Crippen LogP) is 1.05. The first-order valence-electron chi connectivity index (χ1n) is 3.53. The molecule has 11 heavy (non-hydrogen) atoms. The lowest BCUT2D eigenvalue weighted by Gasteiger charge is -2.02. The molecule has 0 radical (unpaired) electrons. The third kappa shape index (κ3) is 1.45. The minimum absolute atomic E-state index is 0.321. The van der Waals surface area contributed by atoms with Gasteiger partial charge in [-0.25, -0.2) is 0 Å². The van der Waals surface area contributed by atoms with Gasteiger partial charge in [0.15, 0.2) is 0 Å². The largest absolute Gasteiger partial charge is 0.478 e. The summed E-state index contributed by atoms with van der Waals surface area (Å²) in [5, 5.41) is 4.10. The minimum atomic E-state index is 0.321. The van der Waals surface area contributed by atoms with E-state index in [1.54, 1.807) is 18.0 Å². The summed E-state index contributed by atoms with van der Waals surface area (Å²) in [4.78, 5) is 0. The summed E-state index contributed by atoms with van der Waals surface area (Å²) in [6.45, 7) is 4.07. The maximum Gasteiger partial charge on any atom is 0.256 e. The standard InChI is InChI=1S/C7H13N3O/c1-5(2)10-4-6(8)7(9-10)11-3/h4-5H,8H2,1-3H3. The first-order valence-corrected chi connectivity index (χ1v) is 3.53. The highest BCUT2D eigenvalue weighted by Crippen LogP contribution is 2.19. The number of anilines is 1. The van der Waals surface area contributed by atoms with Crippen LogP contribution in [0.3, 0.4) is 0 Å². The van der Waals surface area contributed by atoms with Crippen molar-refractivity contribution in [3.63, 3.8) is 0 Å². The molecule has 1 rings (SSSR count). The van der Waals surface area contributed by atoms with E-state index in [4.69, 9.17) is 10.5 Å². The van der Waals surface area contributed by atoms with E-state index in [2.05, 4.69) is 5.10 Å². The lowest BCUT2D eigenvalue weighted by Crippen LogP contribution is -2.00. The molecule has 0 unspecified atom stereocenters. The summed E-state index contributed by atoms with van der Waals surface area (Å²) < 4.78 is 6.69. The molecule has 0 aliphatic heterocycles. The Bertz CT molecular complexity index is 242. The fourth-order valence-corrected chi connectivity index (χ4v) is 0.812. The quantitative estimate of drug-likeness (QED) is 0.694. The van der Waals surface area contributed by atoms with Crippen LogP contribution in [-0.4, -0.2) is 16.9 Å². The molecule has 1 aromatic heterocycles. The Morgan fingerprint density at radius 3 is 2.55 bits per heavy atom. The van der Waals surface area contributed by atoms with Gasteiger partial charge in [-0.15, -0.1) is 5.10 Å². The van der Waals surface area contributed by atoms with Gasteiger partial charge in [0.1, 0.15) is 5.69 Å². The van der Waals surface area contributed by atoms with E-state index < -0.39 is 0 Å². The Kier molecular flexibility index (Phi) is 2.03. The van der Waals surface area contributed by atoms with Crippen LogP contribution < -0.4 is 10.5 Å². The van der Waals surface area contributed by atoms with Crippen LogP contribution in [0.4, 0.5) is 5.69 Å². The third-order valence-electron chi connectivity index (χ3n) is 1.45. The van der Waals surface area contributed by atoms with Crippen molar-refractivity contribution in [2.75, 3.05) is 12.8 Å². The van der Waals surface area contributed by atoms with Gasteiger partial charge in [0.05, 0.1) is 13.3 Å². The Morgan fingerprint density at radius 1 is 1.64 bits per heavy atom. The second-order valence-electron chi connectivity index (χ2n) is 2.67. The number of nitrogen functional groups attached to an aromatic ring is 1. The fraction of sp³-hybridized carbons (Fsp3) is 0.571. The lowest BCUT2D eigenvalue weighted by molar-refractivity contribution is 0.384. The van der Waals surface area contributed by atoms with Gasteiger partial charge in [-0.1, -0.05) is 0 Å². The number of ether oxygens (including phenoxy) is 1. The molecule has 0 aliphatic rings. The van der Waals surface area contributed by atoms with E-state index >= 15 is 0 Å². The molecule has 4 heteroatoms. The molecule has 0 saturated heterocycles. The zero-order valence-electron chi connectivity index (χ0n) is 7.03. The molecule has 4 nitrogen and oxygen atoms in total. The van der Waals surface area contributed by atoms with Gasteiger partial charge < -0.3 is 10.5 Å². The topological polar surface area (TPSA) is 53.1 Å². The van der Waals surface area contributed by atoms with Crippen LogP contribution in [0.25, 0.3) is 0 Å². The first kappa shape index (κ1) is 7.91. The highest BCUT2D eigenvalue weighted by molar-refractivity contribution is 5.45. The van der Waals surface area contributed by atoms with Crippen molar-refractivity contribution in [2.45, 2.75) is 19.9 Å². The van der Waals surface area contributed by atoms with E-state index in [0.717, 1.165) is 0 Å². The van der Waals surface area contributed by atoms with Crippen LogP contribution in [0.5, 0.6) is 5.88 Å². The van der Waals surface area contributed by atoms with E-state index in [1.165, 1.54) is 0 Å². The Balaban J connectivity index is 2.95. The smallest absolute Gasteiger partial charge is 0.256 e. The Labute approximate surface area is 66.0 Å². The van der Waals surface area contributed by atoms with Crippen molar-refractivity contribution in [1.82, 2.24) is 9.78 Å². The van der Waals surface area contributed by atoms with Crippen molar-refractivity contribution in [3.05, 3.63) is 6.20 Å². The van der Waals surface area contributed by atoms with Crippen LogP contribution in [0.1, 0.15) is 19.9 Å². The summed E-state index contributed by atoms with van der Waals surface area (Å²) in [6, 6.07) is 0.321. The van der Waals surface area contributed by atoms with Gasteiger partial charge in [0.25, 0.3) is 5.88 Å². The van der Waals surface area contributed by atoms with Crippen molar-refractivity contribution in [1.29, 1.82) is 0 Å². The molecule has 2 N–H and O–H groups in total. The lowest BCUT2D eigenvalue weighted by atomic mass is 10.4. The molecule has 0 amide bonds. The van der Waals surface area contributed by atoms with Gasteiger partial charge in [-0.3, -0.25) is 4.68 Å². The molecule has 1 heterocycles. The SMILES string of the molecule is COc1nn(C(C)C)cc1N. The zero-order chi connectivity index (χ0) is 8.43. The Morgan fingerprint density at radius 2 is 2.27 bits per heavy atom.